The van der Waals surface area contributed by atoms with E-state index in [0.717, 1.165) is 38.4 Å². The lowest BCUT2D eigenvalue weighted by atomic mass is 9.93. The number of rotatable bonds is 5. The lowest BCUT2D eigenvalue weighted by Gasteiger charge is -2.34. The van der Waals surface area contributed by atoms with Crippen molar-refractivity contribution in [3.8, 4) is 0 Å². The van der Waals surface area contributed by atoms with E-state index in [1.54, 1.807) is 7.05 Å². The second kappa shape index (κ2) is 8.60. The third-order valence-electron chi connectivity index (χ3n) is 4.31. The van der Waals surface area contributed by atoms with Crippen LogP contribution in [0.15, 0.2) is 23.5 Å². The molecule has 0 radical (unpaired) electrons. The molecule has 0 saturated carbocycles. The monoisotopic (exact) mass is 319 g/mol. The first-order valence-corrected chi connectivity index (χ1v) is 8.47. The lowest BCUT2D eigenvalue weighted by Crippen LogP contribution is -2.46. The fraction of sp³-hybridized carbons (Fsp3) is 0.647. The number of aromatic nitrogens is 1. The van der Waals surface area contributed by atoms with Crippen LogP contribution in [-0.4, -0.2) is 48.0 Å². The molecule has 6 heteroatoms. The molecule has 0 bridgehead atoms. The number of likely N-dealkylation sites (tertiary alicyclic amines) is 1. The molecule has 1 aromatic heterocycles. The Balaban J connectivity index is 1.90. The first kappa shape index (κ1) is 17.4. The molecule has 0 unspecified atom stereocenters. The van der Waals surface area contributed by atoms with Crippen LogP contribution >= 0.6 is 0 Å². The summed E-state index contributed by atoms with van der Waals surface area (Å²) < 4.78 is 2.04. The summed E-state index contributed by atoms with van der Waals surface area (Å²) >= 11 is 0. The molecule has 0 aliphatic carbocycles. The Bertz CT molecular complexity index is 529. The number of carbonyl (C=O) groups excluding carboxylic acids is 1. The van der Waals surface area contributed by atoms with Gasteiger partial charge in [0.25, 0.3) is 0 Å². The molecule has 128 valence electrons. The number of aryl methyl sites for hydroxylation is 1. The van der Waals surface area contributed by atoms with Crippen molar-refractivity contribution in [3.05, 3.63) is 24.0 Å². The second-order valence-corrected chi connectivity index (χ2v) is 6.16. The van der Waals surface area contributed by atoms with E-state index in [1.807, 2.05) is 17.8 Å². The van der Waals surface area contributed by atoms with Crippen LogP contribution < -0.4 is 10.6 Å². The zero-order valence-electron chi connectivity index (χ0n) is 14.5. The Morgan fingerprint density at radius 2 is 2.13 bits per heavy atom. The predicted molar refractivity (Wildman–Crippen MR) is 93.2 cm³/mol. The molecule has 2 rings (SSSR count). The third-order valence-corrected chi connectivity index (χ3v) is 4.31. The minimum Gasteiger partial charge on any atom is -0.359 e. The van der Waals surface area contributed by atoms with Crippen LogP contribution in [0.4, 0.5) is 0 Å². The van der Waals surface area contributed by atoms with E-state index in [9.17, 15) is 4.79 Å². The SMILES string of the molecule is CCNC(=NCc1ccn(C)c1)N1CCC(CC(=O)NC)CC1. The van der Waals surface area contributed by atoms with Crippen molar-refractivity contribution in [1.29, 1.82) is 0 Å². The first-order valence-electron chi connectivity index (χ1n) is 8.47. The molecule has 2 N–H and O–H groups in total. The van der Waals surface area contributed by atoms with Crippen molar-refractivity contribution in [1.82, 2.24) is 20.1 Å². The fourth-order valence-electron chi connectivity index (χ4n) is 2.96. The largest absolute Gasteiger partial charge is 0.359 e. The molecule has 0 spiro atoms. The van der Waals surface area contributed by atoms with Gasteiger partial charge in [-0.3, -0.25) is 4.79 Å². The Morgan fingerprint density at radius 1 is 1.39 bits per heavy atom. The summed E-state index contributed by atoms with van der Waals surface area (Å²) in [5.41, 5.74) is 1.22. The highest BCUT2D eigenvalue weighted by molar-refractivity contribution is 5.80. The van der Waals surface area contributed by atoms with Crippen molar-refractivity contribution in [2.45, 2.75) is 32.7 Å². The van der Waals surface area contributed by atoms with E-state index in [-0.39, 0.29) is 5.91 Å². The summed E-state index contributed by atoms with van der Waals surface area (Å²) in [5, 5.41) is 6.10. The van der Waals surface area contributed by atoms with Crippen LogP contribution in [0.1, 0.15) is 31.7 Å². The van der Waals surface area contributed by atoms with E-state index in [4.69, 9.17) is 4.99 Å². The maximum absolute atomic E-state index is 11.5. The number of nitrogens with zero attached hydrogens (tertiary/aromatic N) is 3. The van der Waals surface area contributed by atoms with E-state index in [2.05, 4.69) is 34.7 Å². The Kier molecular flexibility index (Phi) is 6.50. The van der Waals surface area contributed by atoms with E-state index >= 15 is 0 Å². The molecule has 1 amide bonds. The predicted octanol–water partition coefficient (Wildman–Crippen LogP) is 1.34. The minimum atomic E-state index is 0.146. The van der Waals surface area contributed by atoms with Gasteiger partial charge in [-0.25, -0.2) is 4.99 Å². The maximum atomic E-state index is 11.5. The molecule has 23 heavy (non-hydrogen) atoms. The fourth-order valence-corrected chi connectivity index (χ4v) is 2.96. The Hall–Kier alpha value is -1.98. The van der Waals surface area contributed by atoms with E-state index in [1.165, 1.54) is 5.56 Å². The van der Waals surface area contributed by atoms with Crippen molar-refractivity contribution >= 4 is 11.9 Å². The Labute approximate surface area is 139 Å². The number of carbonyl (C=O) groups is 1. The van der Waals surface area contributed by atoms with Crippen LogP contribution in [0.3, 0.4) is 0 Å². The average Bonchev–Trinajstić information content (AvgIpc) is 2.97. The summed E-state index contributed by atoms with van der Waals surface area (Å²) in [5.74, 6) is 1.62. The number of hydrogen-bond acceptors (Lipinski definition) is 2. The maximum Gasteiger partial charge on any atom is 0.220 e. The van der Waals surface area contributed by atoms with Gasteiger partial charge in [0.2, 0.25) is 5.91 Å². The van der Waals surface area contributed by atoms with Crippen LogP contribution in [0.5, 0.6) is 0 Å². The molecule has 1 aliphatic rings. The van der Waals surface area contributed by atoms with Gasteiger partial charge in [0.05, 0.1) is 6.54 Å². The number of amides is 1. The van der Waals surface area contributed by atoms with Crippen molar-refractivity contribution < 1.29 is 4.79 Å². The summed E-state index contributed by atoms with van der Waals surface area (Å²) in [6, 6.07) is 2.10. The van der Waals surface area contributed by atoms with Gasteiger partial charge in [-0.15, -0.1) is 0 Å². The molecule has 2 heterocycles. The highest BCUT2D eigenvalue weighted by atomic mass is 16.1. The number of piperidine rings is 1. The number of nitrogens with one attached hydrogen (secondary N) is 2. The van der Waals surface area contributed by atoms with E-state index in [0.29, 0.717) is 18.9 Å². The standard InChI is InChI=1S/C17H29N5O/c1-4-19-17(20-12-15-5-8-21(3)13-15)22-9-6-14(7-10-22)11-16(23)18-2/h5,8,13-14H,4,6-7,9-12H2,1-3H3,(H,18,23)(H,19,20). The summed E-state index contributed by atoms with van der Waals surface area (Å²) in [6.07, 6.45) is 6.87. The number of hydrogen-bond donors (Lipinski definition) is 2. The smallest absolute Gasteiger partial charge is 0.220 e. The topological polar surface area (TPSA) is 61.7 Å². The molecule has 1 aromatic rings. The summed E-state index contributed by atoms with van der Waals surface area (Å²) in [7, 11) is 3.73. The molecule has 6 nitrogen and oxygen atoms in total. The first-order chi connectivity index (χ1) is 11.1. The van der Waals surface area contributed by atoms with Gasteiger partial charge >= 0.3 is 0 Å². The van der Waals surface area contributed by atoms with Crippen LogP contribution in [0, 0.1) is 5.92 Å². The average molecular weight is 319 g/mol. The number of guanidine groups is 1. The van der Waals surface area contributed by atoms with Crippen LogP contribution in [-0.2, 0) is 18.4 Å². The molecule has 0 atom stereocenters. The summed E-state index contributed by atoms with van der Waals surface area (Å²) in [4.78, 5) is 18.6. The third kappa shape index (κ3) is 5.30. The lowest BCUT2D eigenvalue weighted by molar-refractivity contribution is -0.121. The zero-order chi connectivity index (χ0) is 16.7. The normalized spacial score (nSPS) is 16.5. The van der Waals surface area contributed by atoms with Gasteiger partial charge in [0.1, 0.15) is 0 Å². The van der Waals surface area contributed by atoms with Gasteiger partial charge in [-0.1, -0.05) is 0 Å². The van der Waals surface area contributed by atoms with Gasteiger partial charge in [0.15, 0.2) is 5.96 Å². The van der Waals surface area contributed by atoms with Crippen molar-refractivity contribution in [3.63, 3.8) is 0 Å². The van der Waals surface area contributed by atoms with Gasteiger partial charge in [-0.2, -0.15) is 0 Å². The highest BCUT2D eigenvalue weighted by Gasteiger charge is 2.22. The van der Waals surface area contributed by atoms with Crippen LogP contribution in [0.25, 0.3) is 0 Å². The van der Waals surface area contributed by atoms with Gasteiger partial charge in [0, 0.05) is 52.5 Å². The molecule has 0 aromatic carbocycles. The second-order valence-electron chi connectivity index (χ2n) is 6.16. The van der Waals surface area contributed by atoms with Gasteiger partial charge in [-0.05, 0) is 37.3 Å². The molecular formula is C17H29N5O. The molecular weight excluding hydrogens is 290 g/mol. The summed E-state index contributed by atoms with van der Waals surface area (Å²) in [6.45, 7) is 5.58. The Morgan fingerprint density at radius 3 is 2.70 bits per heavy atom. The highest BCUT2D eigenvalue weighted by Crippen LogP contribution is 2.20. The zero-order valence-corrected chi connectivity index (χ0v) is 14.5. The molecule has 1 saturated heterocycles. The number of aliphatic imine (C=N–C) groups is 1. The van der Waals surface area contributed by atoms with Gasteiger partial charge < -0.3 is 20.1 Å². The van der Waals surface area contributed by atoms with Crippen LogP contribution in [0.2, 0.25) is 0 Å². The quantitative estimate of drug-likeness (QED) is 0.636. The molecule has 1 fully saturated rings. The van der Waals surface area contributed by atoms with Crippen molar-refractivity contribution in [2.24, 2.45) is 18.0 Å². The van der Waals surface area contributed by atoms with Crippen molar-refractivity contribution in [2.75, 3.05) is 26.7 Å². The van der Waals surface area contributed by atoms with E-state index < -0.39 is 0 Å². The molecule has 1 aliphatic heterocycles. The minimum absolute atomic E-state index is 0.146.